The quantitative estimate of drug-likeness (QED) is 0.836. The third-order valence-electron chi connectivity index (χ3n) is 3.24. The number of rotatable bonds is 7. The summed E-state index contributed by atoms with van der Waals surface area (Å²) in [6.07, 6.45) is 2.28. The number of hydrogen-bond acceptors (Lipinski definition) is 2. The molecule has 0 saturated heterocycles. The van der Waals surface area contributed by atoms with Crippen LogP contribution in [0.2, 0.25) is 5.02 Å². The van der Waals surface area contributed by atoms with Crippen LogP contribution >= 0.6 is 11.6 Å². The van der Waals surface area contributed by atoms with Gasteiger partial charge in [-0.2, -0.15) is 0 Å². The van der Waals surface area contributed by atoms with Crippen LogP contribution in [0.5, 0.6) is 0 Å². The van der Waals surface area contributed by atoms with Crippen molar-refractivity contribution in [1.82, 2.24) is 4.90 Å². The van der Waals surface area contributed by atoms with E-state index in [9.17, 15) is 4.79 Å². The zero-order valence-corrected chi connectivity index (χ0v) is 13.4. The van der Waals surface area contributed by atoms with Crippen LogP contribution in [0, 0.1) is 0 Å². The average molecular weight is 297 g/mol. The monoisotopic (exact) mass is 296 g/mol. The molecule has 1 unspecified atom stereocenters. The predicted octanol–water partition coefficient (Wildman–Crippen LogP) is 3.59. The second kappa shape index (κ2) is 8.28. The molecule has 1 amide bonds. The topological polar surface area (TPSA) is 46.3 Å². The number of benzene rings is 1. The third kappa shape index (κ3) is 5.93. The van der Waals surface area contributed by atoms with Gasteiger partial charge in [0, 0.05) is 30.1 Å². The lowest BCUT2D eigenvalue weighted by Crippen LogP contribution is -2.36. The molecule has 0 radical (unpaired) electrons. The minimum Gasteiger partial charge on any atom is -0.336 e. The fourth-order valence-corrected chi connectivity index (χ4v) is 2.32. The molecule has 0 aliphatic heterocycles. The van der Waals surface area contributed by atoms with E-state index in [1.807, 2.05) is 49.9 Å². The fraction of sp³-hybridized carbons (Fsp3) is 0.562. The minimum atomic E-state index is 0.156. The van der Waals surface area contributed by atoms with Crippen molar-refractivity contribution in [3.8, 4) is 0 Å². The molecule has 112 valence electrons. The van der Waals surface area contributed by atoms with E-state index in [1.165, 1.54) is 0 Å². The number of nitrogens with zero attached hydrogens (tertiary/aromatic N) is 1. The minimum absolute atomic E-state index is 0.156. The number of amides is 1. The van der Waals surface area contributed by atoms with E-state index in [0.29, 0.717) is 18.0 Å². The highest BCUT2D eigenvalue weighted by molar-refractivity contribution is 6.30. The van der Waals surface area contributed by atoms with Gasteiger partial charge >= 0.3 is 0 Å². The molecule has 0 spiro atoms. The van der Waals surface area contributed by atoms with Crippen molar-refractivity contribution in [3.05, 3.63) is 34.9 Å². The van der Waals surface area contributed by atoms with Gasteiger partial charge in [0.2, 0.25) is 5.91 Å². The molecule has 1 aromatic carbocycles. The molecule has 0 aliphatic rings. The van der Waals surface area contributed by atoms with Gasteiger partial charge in [-0.05, 0) is 51.3 Å². The Hall–Kier alpha value is -1.06. The molecule has 0 fully saturated rings. The number of carbonyl (C=O) groups is 1. The molecule has 20 heavy (non-hydrogen) atoms. The average Bonchev–Trinajstić information content (AvgIpc) is 2.35. The maximum atomic E-state index is 12.3. The molecule has 4 heteroatoms. The predicted molar refractivity (Wildman–Crippen MR) is 84.6 cm³/mol. The van der Waals surface area contributed by atoms with Crippen LogP contribution in [0.3, 0.4) is 0 Å². The number of nitrogens with two attached hydrogens (primary N) is 1. The Morgan fingerprint density at radius 3 is 2.60 bits per heavy atom. The highest BCUT2D eigenvalue weighted by atomic mass is 35.5. The van der Waals surface area contributed by atoms with Crippen LogP contribution in [0.4, 0.5) is 0 Å². The van der Waals surface area contributed by atoms with Crippen molar-refractivity contribution in [2.24, 2.45) is 5.73 Å². The summed E-state index contributed by atoms with van der Waals surface area (Å²) in [5, 5.41) is 0.704. The first-order valence-electron chi connectivity index (χ1n) is 7.19. The second-order valence-corrected chi connectivity index (χ2v) is 6.05. The summed E-state index contributed by atoms with van der Waals surface area (Å²) in [7, 11) is 0. The van der Waals surface area contributed by atoms with Gasteiger partial charge in [-0.1, -0.05) is 23.7 Å². The maximum Gasteiger partial charge on any atom is 0.223 e. The van der Waals surface area contributed by atoms with Crippen molar-refractivity contribution < 1.29 is 4.79 Å². The first kappa shape index (κ1) is 17.0. The van der Waals surface area contributed by atoms with E-state index in [1.54, 1.807) is 0 Å². The smallest absolute Gasteiger partial charge is 0.223 e. The van der Waals surface area contributed by atoms with E-state index in [0.717, 1.165) is 18.4 Å². The Labute approximate surface area is 127 Å². The number of hydrogen-bond donors (Lipinski definition) is 1. The van der Waals surface area contributed by atoms with Crippen LogP contribution < -0.4 is 5.73 Å². The summed E-state index contributed by atoms with van der Waals surface area (Å²) >= 11 is 5.99. The highest BCUT2D eigenvalue weighted by Crippen LogP contribution is 2.15. The Morgan fingerprint density at radius 1 is 1.35 bits per heavy atom. The van der Waals surface area contributed by atoms with Crippen molar-refractivity contribution in [2.75, 3.05) is 0 Å². The molecule has 0 bridgehead atoms. The number of halogens is 1. The maximum absolute atomic E-state index is 12.3. The lowest BCUT2D eigenvalue weighted by molar-refractivity contribution is -0.133. The zero-order valence-electron chi connectivity index (χ0n) is 12.6. The summed E-state index contributed by atoms with van der Waals surface area (Å²) in [5.74, 6) is 0.181. The summed E-state index contributed by atoms with van der Waals surface area (Å²) in [4.78, 5) is 14.2. The van der Waals surface area contributed by atoms with Gasteiger partial charge < -0.3 is 10.6 Å². The lowest BCUT2D eigenvalue weighted by Gasteiger charge is -2.27. The fourth-order valence-electron chi connectivity index (χ4n) is 2.11. The molecule has 0 heterocycles. The third-order valence-corrected chi connectivity index (χ3v) is 3.47. The molecule has 1 aromatic rings. The second-order valence-electron chi connectivity index (χ2n) is 5.61. The van der Waals surface area contributed by atoms with E-state index in [4.69, 9.17) is 17.3 Å². The summed E-state index contributed by atoms with van der Waals surface area (Å²) in [5.41, 5.74) is 6.78. The summed E-state index contributed by atoms with van der Waals surface area (Å²) < 4.78 is 0. The molecular weight excluding hydrogens is 272 g/mol. The van der Waals surface area contributed by atoms with Gasteiger partial charge in [-0.15, -0.1) is 0 Å². The Kier molecular flexibility index (Phi) is 7.03. The van der Waals surface area contributed by atoms with Gasteiger partial charge in [0.15, 0.2) is 0 Å². The Morgan fingerprint density at radius 2 is 2.05 bits per heavy atom. The van der Waals surface area contributed by atoms with Crippen molar-refractivity contribution in [2.45, 2.75) is 58.7 Å². The molecule has 0 saturated carbocycles. The standard InChI is InChI=1S/C16H25ClN2O/c1-12(2)19(16(20)9-4-6-13(3)18)11-14-7-5-8-15(17)10-14/h5,7-8,10,12-13H,4,6,9,11,18H2,1-3H3. The summed E-state index contributed by atoms with van der Waals surface area (Å²) in [6, 6.07) is 7.99. The molecule has 1 rings (SSSR count). The van der Waals surface area contributed by atoms with Crippen molar-refractivity contribution in [3.63, 3.8) is 0 Å². The van der Waals surface area contributed by atoms with Crippen molar-refractivity contribution in [1.29, 1.82) is 0 Å². The van der Waals surface area contributed by atoms with E-state index >= 15 is 0 Å². The van der Waals surface area contributed by atoms with Crippen LogP contribution in [-0.2, 0) is 11.3 Å². The molecule has 2 N–H and O–H groups in total. The molecular formula is C16H25ClN2O. The van der Waals surface area contributed by atoms with Crippen molar-refractivity contribution >= 4 is 17.5 Å². The SMILES string of the molecule is CC(N)CCCC(=O)N(Cc1cccc(Cl)c1)C(C)C. The van der Waals surface area contributed by atoms with E-state index in [-0.39, 0.29) is 18.0 Å². The van der Waals surface area contributed by atoms with Gasteiger partial charge in [-0.3, -0.25) is 4.79 Å². The first-order chi connectivity index (χ1) is 9.40. The van der Waals surface area contributed by atoms with Gasteiger partial charge in [0.25, 0.3) is 0 Å². The summed E-state index contributed by atoms with van der Waals surface area (Å²) in [6.45, 7) is 6.65. The molecule has 3 nitrogen and oxygen atoms in total. The van der Waals surface area contributed by atoms with Crippen LogP contribution in [0.1, 0.15) is 45.6 Å². The van der Waals surface area contributed by atoms with E-state index < -0.39 is 0 Å². The van der Waals surface area contributed by atoms with Crippen LogP contribution in [0.25, 0.3) is 0 Å². The van der Waals surface area contributed by atoms with Gasteiger partial charge in [0.1, 0.15) is 0 Å². The van der Waals surface area contributed by atoms with E-state index in [2.05, 4.69) is 0 Å². The number of carbonyl (C=O) groups excluding carboxylic acids is 1. The van der Waals surface area contributed by atoms with Gasteiger partial charge in [-0.25, -0.2) is 0 Å². The largest absolute Gasteiger partial charge is 0.336 e. The highest BCUT2D eigenvalue weighted by Gasteiger charge is 2.17. The molecule has 1 atom stereocenters. The Bertz CT molecular complexity index is 432. The van der Waals surface area contributed by atoms with Crippen LogP contribution in [0.15, 0.2) is 24.3 Å². The molecule has 0 aliphatic carbocycles. The van der Waals surface area contributed by atoms with Crippen LogP contribution in [-0.4, -0.2) is 22.9 Å². The normalized spacial score (nSPS) is 12.5. The molecule has 0 aromatic heterocycles. The lowest BCUT2D eigenvalue weighted by atomic mass is 10.1. The Balaban J connectivity index is 2.62. The zero-order chi connectivity index (χ0) is 15.1. The first-order valence-corrected chi connectivity index (χ1v) is 7.57. The van der Waals surface area contributed by atoms with Gasteiger partial charge in [0.05, 0.1) is 0 Å².